The molecule has 2 rings (SSSR count). The Labute approximate surface area is 140 Å². The number of piperazine rings is 1. The molecule has 0 spiro atoms. The molecule has 128 valence electrons. The van der Waals surface area contributed by atoms with Gasteiger partial charge in [0.25, 0.3) is 0 Å². The predicted octanol–water partition coefficient (Wildman–Crippen LogP) is 3.78. The second-order valence-corrected chi connectivity index (χ2v) is 7.88. The Hall–Kier alpha value is -1.55. The van der Waals surface area contributed by atoms with Gasteiger partial charge in [0.2, 0.25) is 0 Å². The zero-order valence-corrected chi connectivity index (χ0v) is 15.3. The first-order valence-corrected chi connectivity index (χ1v) is 8.40. The number of hydrogen-bond donors (Lipinski definition) is 0. The van der Waals surface area contributed by atoms with Gasteiger partial charge in [0.05, 0.1) is 0 Å². The largest absolute Gasteiger partial charge is 0.444 e. The third-order valence-electron chi connectivity index (χ3n) is 4.45. The van der Waals surface area contributed by atoms with Crippen LogP contribution >= 0.6 is 0 Å². The summed E-state index contributed by atoms with van der Waals surface area (Å²) >= 11 is 0. The minimum absolute atomic E-state index is 0.0357. The fourth-order valence-electron chi connectivity index (χ4n) is 2.98. The van der Waals surface area contributed by atoms with Crippen LogP contribution in [0.5, 0.6) is 0 Å². The van der Waals surface area contributed by atoms with Gasteiger partial charge in [0.1, 0.15) is 5.60 Å². The molecule has 4 nitrogen and oxygen atoms in total. The van der Waals surface area contributed by atoms with E-state index in [1.807, 2.05) is 25.7 Å². The number of nitrogens with zero attached hydrogens (tertiary/aromatic N) is 2. The van der Waals surface area contributed by atoms with Crippen molar-refractivity contribution < 1.29 is 9.53 Å². The molecule has 1 fully saturated rings. The highest BCUT2D eigenvalue weighted by Gasteiger charge is 2.33. The quantitative estimate of drug-likeness (QED) is 0.832. The van der Waals surface area contributed by atoms with E-state index in [4.69, 9.17) is 4.74 Å². The van der Waals surface area contributed by atoms with Gasteiger partial charge in [-0.05, 0) is 47.1 Å². The molecule has 1 amide bonds. The van der Waals surface area contributed by atoms with Crippen molar-refractivity contribution in [2.75, 3.05) is 26.2 Å². The summed E-state index contributed by atoms with van der Waals surface area (Å²) < 4.78 is 5.47. The molecular formula is C19H30N2O2. The monoisotopic (exact) mass is 318 g/mol. The van der Waals surface area contributed by atoms with Crippen LogP contribution in [0.15, 0.2) is 24.3 Å². The summed E-state index contributed by atoms with van der Waals surface area (Å²) in [6, 6.07) is 8.68. The van der Waals surface area contributed by atoms with Gasteiger partial charge in [-0.25, -0.2) is 4.79 Å². The molecule has 1 aromatic carbocycles. The third-order valence-corrected chi connectivity index (χ3v) is 4.45. The molecule has 0 atom stereocenters. The second kappa shape index (κ2) is 6.52. The lowest BCUT2D eigenvalue weighted by molar-refractivity contribution is 0.00127. The summed E-state index contributed by atoms with van der Waals surface area (Å²) in [4.78, 5) is 16.4. The molecular weight excluding hydrogens is 288 g/mol. The van der Waals surface area contributed by atoms with Crippen LogP contribution in [0.3, 0.4) is 0 Å². The van der Waals surface area contributed by atoms with Gasteiger partial charge in [-0.15, -0.1) is 0 Å². The van der Waals surface area contributed by atoms with E-state index >= 15 is 0 Å². The highest BCUT2D eigenvalue weighted by atomic mass is 16.6. The molecule has 1 heterocycles. The first kappa shape index (κ1) is 17.8. The summed E-state index contributed by atoms with van der Waals surface area (Å²) in [6.07, 6.45) is -0.203. The first-order valence-electron chi connectivity index (χ1n) is 8.40. The summed E-state index contributed by atoms with van der Waals surface area (Å²) in [5.41, 5.74) is 2.13. The Morgan fingerprint density at radius 1 is 1.04 bits per heavy atom. The fourth-order valence-corrected chi connectivity index (χ4v) is 2.98. The van der Waals surface area contributed by atoms with Gasteiger partial charge in [-0.3, -0.25) is 4.90 Å². The Morgan fingerprint density at radius 3 is 2.17 bits per heavy atom. The number of amides is 1. The van der Waals surface area contributed by atoms with Crippen molar-refractivity contribution in [1.29, 1.82) is 0 Å². The van der Waals surface area contributed by atoms with E-state index in [1.54, 1.807) is 0 Å². The number of carbonyl (C=O) groups is 1. The van der Waals surface area contributed by atoms with Gasteiger partial charge < -0.3 is 9.64 Å². The summed E-state index contributed by atoms with van der Waals surface area (Å²) in [7, 11) is 0. The van der Waals surface area contributed by atoms with Crippen molar-refractivity contribution in [2.24, 2.45) is 0 Å². The van der Waals surface area contributed by atoms with Crippen molar-refractivity contribution in [3.05, 3.63) is 35.4 Å². The van der Waals surface area contributed by atoms with Crippen molar-refractivity contribution in [1.82, 2.24) is 9.80 Å². The SMILES string of the molecule is Cc1cccc(C(C)(C)N2CCN(C(=O)OC(C)(C)C)CC2)c1. The van der Waals surface area contributed by atoms with Crippen LogP contribution in [-0.2, 0) is 10.3 Å². The van der Waals surface area contributed by atoms with Crippen molar-refractivity contribution in [2.45, 2.75) is 52.7 Å². The van der Waals surface area contributed by atoms with E-state index in [-0.39, 0.29) is 11.6 Å². The predicted molar refractivity (Wildman–Crippen MR) is 93.6 cm³/mol. The van der Waals surface area contributed by atoms with E-state index in [0.29, 0.717) is 13.1 Å². The molecule has 1 aromatic rings. The van der Waals surface area contributed by atoms with E-state index in [2.05, 4.69) is 49.9 Å². The molecule has 1 aliphatic rings. The van der Waals surface area contributed by atoms with Gasteiger partial charge in [0.15, 0.2) is 0 Å². The second-order valence-electron chi connectivity index (χ2n) is 7.88. The highest BCUT2D eigenvalue weighted by molar-refractivity contribution is 5.68. The van der Waals surface area contributed by atoms with Gasteiger partial charge in [0, 0.05) is 31.7 Å². The standard InChI is InChI=1S/C19H30N2O2/c1-15-8-7-9-16(14-15)19(5,6)21-12-10-20(11-13-21)17(22)23-18(2,3)4/h7-9,14H,10-13H2,1-6H3. The molecule has 0 N–H and O–H groups in total. The maximum absolute atomic E-state index is 12.2. The van der Waals surface area contributed by atoms with Crippen molar-refractivity contribution >= 4 is 6.09 Å². The molecule has 1 saturated heterocycles. The molecule has 0 aliphatic carbocycles. The van der Waals surface area contributed by atoms with E-state index in [1.165, 1.54) is 11.1 Å². The smallest absolute Gasteiger partial charge is 0.410 e. The molecule has 0 unspecified atom stereocenters. The number of carbonyl (C=O) groups excluding carboxylic acids is 1. The summed E-state index contributed by atoms with van der Waals surface area (Å²) in [6.45, 7) is 15.5. The van der Waals surface area contributed by atoms with Crippen molar-refractivity contribution in [3.63, 3.8) is 0 Å². The van der Waals surface area contributed by atoms with Gasteiger partial charge >= 0.3 is 6.09 Å². The van der Waals surface area contributed by atoms with Crippen LogP contribution < -0.4 is 0 Å². The normalized spacial score (nSPS) is 17.2. The Kier molecular flexibility index (Phi) is 5.04. The van der Waals surface area contributed by atoms with Crippen LogP contribution in [-0.4, -0.2) is 47.7 Å². The van der Waals surface area contributed by atoms with Gasteiger partial charge in [-0.1, -0.05) is 29.8 Å². The molecule has 0 bridgehead atoms. The van der Waals surface area contributed by atoms with E-state index in [0.717, 1.165) is 13.1 Å². The van der Waals surface area contributed by atoms with Gasteiger partial charge in [-0.2, -0.15) is 0 Å². The Bertz CT molecular complexity index is 553. The van der Waals surface area contributed by atoms with E-state index < -0.39 is 5.60 Å². The van der Waals surface area contributed by atoms with Crippen LogP contribution in [0, 0.1) is 6.92 Å². The molecule has 0 aromatic heterocycles. The fraction of sp³-hybridized carbons (Fsp3) is 0.632. The summed E-state index contributed by atoms with van der Waals surface area (Å²) in [5, 5.41) is 0. The molecule has 0 radical (unpaired) electrons. The molecule has 4 heteroatoms. The number of hydrogen-bond acceptors (Lipinski definition) is 3. The van der Waals surface area contributed by atoms with Crippen LogP contribution in [0.2, 0.25) is 0 Å². The first-order chi connectivity index (χ1) is 10.6. The maximum atomic E-state index is 12.2. The van der Waals surface area contributed by atoms with Crippen LogP contribution in [0.25, 0.3) is 0 Å². The number of ether oxygens (including phenoxy) is 1. The lowest BCUT2D eigenvalue weighted by Crippen LogP contribution is -2.55. The molecule has 1 aliphatic heterocycles. The Balaban J connectivity index is 1.99. The average molecular weight is 318 g/mol. The van der Waals surface area contributed by atoms with Crippen LogP contribution in [0.1, 0.15) is 45.7 Å². The summed E-state index contributed by atoms with van der Waals surface area (Å²) in [5.74, 6) is 0. The zero-order chi connectivity index (χ0) is 17.3. The number of benzene rings is 1. The Morgan fingerprint density at radius 2 is 1.65 bits per heavy atom. The van der Waals surface area contributed by atoms with Crippen molar-refractivity contribution in [3.8, 4) is 0 Å². The maximum Gasteiger partial charge on any atom is 0.410 e. The third kappa shape index (κ3) is 4.47. The van der Waals surface area contributed by atoms with E-state index in [9.17, 15) is 4.79 Å². The minimum atomic E-state index is -0.435. The average Bonchev–Trinajstić information content (AvgIpc) is 2.45. The number of rotatable bonds is 2. The van der Waals surface area contributed by atoms with Crippen LogP contribution in [0.4, 0.5) is 4.79 Å². The highest BCUT2D eigenvalue weighted by Crippen LogP contribution is 2.29. The minimum Gasteiger partial charge on any atom is -0.444 e. The molecule has 23 heavy (non-hydrogen) atoms. The lowest BCUT2D eigenvalue weighted by atomic mass is 9.90. The lowest BCUT2D eigenvalue weighted by Gasteiger charge is -2.44. The zero-order valence-electron chi connectivity index (χ0n) is 15.3. The number of aryl methyl sites for hydroxylation is 1. The molecule has 0 saturated carbocycles. The topological polar surface area (TPSA) is 32.8 Å².